The molecule has 1 aromatic carbocycles. The molecule has 1 fully saturated rings. The van der Waals surface area contributed by atoms with Crippen LogP contribution in [0.5, 0.6) is 11.5 Å². The van der Waals surface area contributed by atoms with Crippen molar-refractivity contribution in [1.82, 2.24) is 9.88 Å². The van der Waals surface area contributed by atoms with Crippen molar-refractivity contribution in [2.75, 3.05) is 13.1 Å². The molecule has 1 saturated heterocycles. The number of ether oxygens (including phenoxy) is 1. The van der Waals surface area contributed by atoms with Crippen molar-refractivity contribution < 1.29 is 19.4 Å². The summed E-state index contributed by atoms with van der Waals surface area (Å²) in [6.07, 6.45) is 3.77. The molecule has 1 aliphatic rings. The van der Waals surface area contributed by atoms with Crippen LogP contribution in [0.15, 0.2) is 48.8 Å². The van der Waals surface area contributed by atoms with E-state index in [0.717, 1.165) is 0 Å². The molecule has 1 amide bonds. The minimum atomic E-state index is -0.847. The van der Waals surface area contributed by atoms with E-state index in [9.17, 15) is 9.59 Å². The van der Waals surface area contributed by atoms with Gasteiger partial charge in [0.1, 0.15) is 11.5 Å². The number of hydrogen-bond donors (Lipinski definition) is 1. The summed E-state index contributed by atoms with van der Waals surface area (Å²) in [4.78, 5) is 28.9. The van der Waals surface area contributed by atoms with E-state index in [1.807, 2.05) is 0 Å². The average Bonchev–Trinajstić information content (AvgIpc) is 3.06. The van der Waals surface area contributed by atoms with Crippen molar-refractivity contribution >= 4 is 11.9 Å². The van der Waals surface area contributed by atoms with E-state index < -0.39 is 11.9 Å². The molecule has 0 radical (unpaired) electrons. The Balaban J connectivity index is 1.65. The van der Waals surface area contributed by atoms with Crippen molar-refractivity contribution in [3.8, 4) is 11.5 Å². The first-order chi connectivity index (χ1) is 11.1. The zero-order valence-electron chi connectivity index (χ0n) is 12.4. The number of aromatic nitrogens is 1. The van der Waals surface area contributed by atoms with Crippen molar-refractivity contribution in [1.29, 1.82) is 0 Å². The van der Waals surface area contributed by atoms with Crippen LogP contribution in [0.1, 0.15) is 16.8 Å². The molecular weight excluding hydrogens is 296 g/mol. The Hall–Kier alpha value is -2.89. The predicted octanol–water partition coefficient (Wildman–Crippen LogP) is 2.42. The van der Waals surface area contributed by atoms with E-state index in [0.29, 0.717) is 30.0 Å². The molecule has 1 N–H and O–H groups in total. The second kappa shape index (κ2) is 6.48. The van der Waals surface area contributed by atoms with Gasteiger partial charge in [0.05, 0.1) is 12.1 Å². The summed E-state index contributed by atoms with van der Waals surface area (Å²) in [5.41, 5.74) is 0.523. The first-order valence-electron chi connectivity index (χ1n) is 7.33. The molecule has 23 heavy (non-hydrogen) atoms. The first kappa shape index (κ1) is 15.0. The number of nitrogens with zero attached hydrogens (tertiary/aromatic N) is 2. The molecule has 1 aromatic heterocycles. The van der Waals surface area contributed by atoms with Gasteiger partial charge in [-0.15, -0.1) is 0 Å². The Labute approximate surface area is 133 Å². The van der Waals surface area contributed by atoms with Gasteiger partial charge in [-0.3, -0.25) is 14.6 Å². The van der Waals surface area contributed by atoms with Crippen molar-refractivity contribution in [2.45, 2.75) is 6.42 Å². The standard InChI is InChI=1S/C17H16N2O4/c20-16(19-9-7-13(11-19)17(21)22)12-3-5-14(6-4-12)23-15-2-1-8-18-10-15/h1-6,8,10,13H,7,9,11H2,(H,21,22)/t13-/m0/s1. The number of amides is 1. The second-order valence-corrected chi connectivity index (χ2v) is 5.39. The fourth-order valence-corrected chi connectivity index (χ4v) is 2.54. The highest BCUT2D eigenvalue weighted by Gasteiger charge is 2.31. The number of benzene rings is 1. The van der Waals surface area contributed by atoms with Crippen LogP contribution in [0.25, 0.3) is 0 Å². The highest BCUT2D eigenvalue weighted by Crippen LogP contribution is 2.23. The molecule has 0 bridgehead atoms. The van der Waals surface area contributed by atoms with Crippen molar-refractivity contribution in [2.24, 2.45) is 5.92 Å². The zero-order valence-corrected chi connectivity index (χ0v) is 12.4. The molecule has 118 valence electrons. The van der Waals surface area contributed by atoms with E-state index in [-0.39, 0.29) is 12.5 Å². The van der Waals surface area contributed by atoms with Crippen LogP contribution < -0.4 is 4.74 Å². The fraction of sp³-hybridized carbons (Fsp3) is 0.235. The molecule has 1 atom stereocenters. The molecule has 6 heteroatoms. The number of carboxylic acid groups (broad SMARTS) is 1. The van der Waals surface area contributed by atoms with E-state index in [1.54, 1.807) is 53.7 Å². The van der Waals surface area contributed by atoms with Gasteiger partial charge in [-0.1, -0.05) is 0 Å². The Bertz CT molecular complexity index is 700. The SMILES string of the molecule is O=C(O)[C@H]1CCN(C(=O)c2ccc(Oc3cccnc3)cc2)C1. The number of carbonyl (C=O) groups is 2. The van der Waals surface area contributed by atoms with Gasteiger partial charge in [0, 0.05) is 24.8 Å². The van der Waals surface area contributed by atoms with Gasteiger partial charge < -0.3 is 14.7 Å². The van der Waals surface area contributed by atoms with E-state index in [1.165, 1.54) is 0 Å². The van der Waals surface area contributed by atoms with E-state index in [2.05, 4.69) is 4.98 Å². The van der Waals surface area contributed by atoms with Gasteiger partial charge in [-0.05, 0) is 42.8 Å². The number of rotatable bonds is 4. The summed E-state index contributed by atoms with van der Waals surface area (Å²) in [6, 6.07) is 10.4. The Morgan fingerprint density at radius 3 is 2.57 bits per heavy atom. The Kier molecular flexibility index (Phi) is 4.23. The summed E-state index contributed by atoms with van der Waals surface area (Å²) in [5, 5.41) is 9.00. The number of carbonyl (C=O) groups excluding carboxylic acids is 1. The molecular formula is C17H16N2O4. The highest BCUT2D eigenvalue weighted by atomic mass is 16.5. The topological polar surface area (TPSA) is 79.7 Å². The normalized spacial score (nSPS) is 17.0. The molecule has 0 aliphatic carbocycles. The number of hydrogen-bond acceptors (Lipinski definition) is 4. The van der Waals surface area contributed by atoms with E-state index in [4.69, 9.17) is 9.84 Å². The fourth-order valence-electron chi connectivity index (χ4n) is 2.54. The molecule has 2 aromatic rings. The van der Waals surface area contributed by atoms with E-state index >= 15 is 0 Å². The van der Waals surface area contributed by atoms with Crippen LogP contribution in [-0.2, 0) is 4.79 Å². The lowest BCUT2D eigenvalue weighted by molar-refractivity contribution is -0.141. The van der Waals surface area contributed by atoms with Crippen LogP contribution in [0.2, 0.25) is 0 Å². The molecule has 0 spiro atoms. The maximum atomic E-state index is 12.4. The first-order valence-corrected chi connectivity index (χ1v) is 7.33. The lowest BCUT2D eigenvalue weighted by Crippen LogP contribution is -2.29. The molecule has 1 aliphatic heterocycles. The molecule has 0 unspecified atom stereocenters. The van der Waals surface area contributed by atoms with Gasteiger partial charge in [0.2, 0.25) is 0 Å². The summed E-state index contributed by atoms with van der Waals surface area (Å²) in [6.45, 7) is 0.742. The third-order valence-corrected chi connectivity index (χ3v) is 3.80. The lowest BCUT2D eigenvalue weighted by Gasteiger charge is -2.16. The maximum Gasteiger partial charge on any atom is 0.308 e. The minimum Gasteiger partial charge on any atom is -0.481 e. The number of likely N-dealkylation sites (tertiary alicyclic amines) is 1. The number of pyridine rings is 1. The average molecular weight is 312 g/mol. The van der Waals surface area contributed by atoms with Crippen LogP contribution >= 0.6 is 0 Å². The largest absolute Gasteiger partial charge is 0.481 e. The van der Waals surface area contributed by atoms with Crippen LogP contribution in [0.3, 0.4) is 0 Å². The van der Waals surface area contributed by atoms with Crippen LogP contribution in [-0.4, -0.2) is 40.0 Å². The van der Waals surface area contributed by atoms with Crippen LogP contribution in [0, 0.1) is 5.92 Å². The van der Waals surface area contributed by atoms with Crippen molar-refractivity contribution in [3.63, 3.8) is 0 Å². The summed E-state index contributed by atoms with van der Waals surface area (Å²) in [7, 11) is 0. The van der Waals surface area contributed by atoms with Gasteiger partial charge >= 0.3 is 5.97 Å². The third kappa shape index (κ3) is 3.48. The van der Waals surface area contributed by atoms with Gasteiger partial charge in [0.25, 0.3) is 5.91 Å². The summed E-state index contributed by atoms with van der Waals surface area (Å²) >= 11 is 0. The smallest absolute Gasteiger partial charge is 0.308 e. The second-order valence-electron chi connectivity index (χ2n) is 5.39. The van der Waals surface area contributed by atoms with Crippen LogP contribution in [0.4, 0.5) is 0 Å². The summed E-state index contributed by atoms with van der Waals surface area (Å²) < 4.78 is 5.62. The monoisotopic (exact) mass is 312 g/mol. The number of aliphatic carboxylic acids is 1. The third-order valence-electron chi connectivity index (χ3n) is 3.80. The lowest BCUT2D eigenvalue weighted by atomic mass is 10.1. The minimum absolute atomic E-state index is 0.151. The molecule has 6 nitrogen and oxygen atoms in total. The highest BCUT2D eigenvalue weighted by molar-refractivity contribution is 5.95. The Morgan fingerprint density at radius 2 is 1.96 bits per heavy atom. The maximum absolute atomic E-state index is 12.4. The molecule has 0 saturated carbocycles. The van der Waals surface area contributed by atoms with Gasteiger partial charge in [0.15, 0.2) is 0 Å². The molecule has 2 heterocycles. The molecule has 3 rings (SSSR count). The van der Waals surface area contributed by atoms with Crippen molar-refractivity contribution in [3.05, 3.63) is 54.4 Å². The zero-order chi connectivity index (χ0) is 16.2. The quantitative estimate of drug-likeness (QED) is 0.938. The Morgan fingerprint density at radius 1 is 1.17 bits per heavy atom. The summed E-state index contributed by atoms with van der Waals surface area (Å²) in [5.74, 6) is -0.232. The van der Waals surface area contributed by atoms with Gasteiger partial charge in [-0.2, -0.15) is 0 Å². The van der Waals surface area contributed by atoms with Gasteiger partial charge in [-0.25, -0.2) is 0 Å². The predicted molar refractivity (Wildman–Crippen MR) is 82.4 cm³/mol. The number of carboxylic acids is 1.